The Kier molecular flexibility index (Phi) is 53.6. The molecule has 0 nitrogen and oxygen atoms in total. The van der Waals surface area contributed by atoms with Gasteiger partial charge in [0, 0.05) is 0 Å². The topological polar surface area (TPSA) is 0 Å². The van der Waals surface area contributed by atoms with Crippen LogP contribution in [-0.4, -0.2) is 72.7 Å². The summed E-state index contributed by atoms with van der Waals surface area (Å²) in [6, 6.07) is 43.9. The van der Waals surface area contributed by atoms with E-state index in [1.54, 1.807) is 163 Å². The van der Waals surface area contributed by atoms with Gasteiger partial charge in [0.1, 0.15) is 0 Å². The van der Waals surface area contributed by atoms with Gasteiger partial charge in [-0.05, 0) is 0 Å². The van der Waals surface area contributed by atoms with E-state index in [4.69, 9.17) is 0 Å². The summed E-state index contributed by atoms with van der Waals surface area (Å²) in [6.07, 6.45) is 0. The van der Waals surface area contributed by atoms with Crippen LogP contribution in [0.2, 0.25) is 173 Å². The van der Waals surface area contributed by atoms with E-state index < -0.39 is 86.8 Å². The van der Waals surface area contributed by atoms with E-state index in [-0.39, 0.29) is 0 Å². The summed E-state index contributed by atoms with van der Waals surface area (Å²) < 4.78 is 1.11. The molecule has 0 amide bonds. The quantitative estimate of drug-likeness (QED) is 0.0533. The van der Waals surface area contributed by atoms with Crippen LogP contribution in [0.1, 0.15) is 374 Å². The molecule has 0 heterocycles. The minimum atomic E-state index is -3.10. The minimum absolute atomic E-state index is 0.370. The predicted molar refractivity (Wildman–Crippen MR) is 590 cm³/mol. The summed E-state index contributed by atoms with van der Waals surface area (Å²) >= 11 is -2.76. The molecule has 0 aliphatic carbocycles. The van der Waals surface area contributed by atoms with Crippen molar-refractivity contribution in [3.8, 4) is 0 Å². The molecule has 0 rings (SSSR count). The standard InChI is InChI=1S/3C37H81Si3.Cr/c3*1-28(2)19-38(20-29(3)4,21-30(5)6)37(39(22-31(7)8,23-32(9)10)24-33(11)12)40(25-34(13)14,26-35(15)16)27-36(17)18;/h3*28-36H,19-27H2,1-18H3;. The van der Waals surface area contributed by atoms with E-state index >= 15 is 0 Å². The molecule has 0 unspecified atom stereocenters. The Morgan fingerprint density at radius 2 is 0.140 bits per heavy atom. The third-order valence-electron chi connectivity index (χ3n) is 29.2. The summed E-state index contributed by atoms with van der Waals surface area (Å²) in [5, 5.41) is 0. The van der Waals surface area contributed by atoms with Crippen LogP contribution < -0.4 is 0 Å². The number of hydrogen-bond donors (Lipinski definition) is 0. The van der Waals surface area contributed by atoms with Gasteiger partial charge in [0.2, 0.25) is 0 Å². The second kappa shape index (κ2) is 52.5. The first-order chi connectivity index (χ1) is 54.9. The van der Waals surface area contributed by atoms with Crippen molar-refractivity contribution in [2.45, 2.75) is 547 Å². The fourth-order valence-electron chi connectivity index (χ4n) is 34.9. The van der Waals surface area contributed by atoms with Gasteiger partial charge in [0.25, 0.3) is 0 Å². The van der Waals surface area contributed by atoms with Gasteiger partial charge < -0.3 is 0 Å². The Morgan fingerprint density at radius 1 is 0.0992 bits per heavy atom. The summed E-state index contributed by atoms with van der Waals surface area (Å²) in [5.74, 6) is 17.7. The van der Waals surface area contributed by atoms with Crippen LogP contribution >= 0.6 is 0 Å². The molecule has 729 valence electrons. The molecule has 0 saturated carbocycles. The maximum absolute atomic E-state index is 3.10. The summed E-state index contributed by atoms with van der Waals surface area (Å²) in [7, 11) is -27.9. The second-order valence-corrected chi connectivity index (χ2v) is 111. The molecule has 0 N–H and O–H groups in total. The molecular weight excluding hydrogens is 1640 g/mol. The third kappa shape index (κ3) is 31.8. The van der Waals surface area contributed by atoms with Crippen molar-refractivity contribution in [3.05, 3.63) is 0 Å². The maximum atomic E-state index is 3.02. The predicted octanol–water partition coefficient (Wildman–Crippen LogP) is 40.7. The normalized spacial score (nSPS) is 15.0. The van der Waals surface area contributed by atoms with Crippen molar-refractivity contribution >= 4 is 72.7 Å². The van der Waals surface area contributed by atoms with Crippen molar-refractivity contribution in [1.82, 2.24) is 0 Å². The molecule has 0 aromatic heterocycles. The number of rotatable bonds is 66. The fourth-order valence-corrected chi connectivity index (χ4v) is 204. The van der Waals surface area contributed by atoms with Gasteiger partial charge in [-0.1, -0.05) is 0 Å². The van der Waals surface area contributed by atoms with Crippen molar-refractivity contribution in [1.29, 1.82) is 0 Å². The molecule has 121 heavy (non-hydrogen) atoms. The molecule has 0 atom stereocenters. The van der Waals surface area contributed by atoms with Gasteiger partial charge in [0.15, 0.2) is 0 Å². The third-order valence-corrected chi connectivity index (χ3v) is 143. The Hall–Kier alpha value is 2.48. The fraction of sp³-hybridized carbons (Fsp3) is 1.00. The van der Waals surface area contributed by atoms with Crippen LogP contribution in [-0.2, 0) is 14.1 Å². The molecule has 0 aliphatic rings. The van der Waals surface area contributed by atoms with Crippen LogP contribution in [0.3, 0.4) is 0 Å². The molecule has 0 spiro atoms. The first-order valence-electron chi connectivity index (χ1n) is 54.6. The summed E-state index contributed by atoms with van der Waals surface area (Å²) in [5.41, 5.74) is 0. The zero-order valence-corrected chi connectivity index (χ0v) is 105. The van der Waals surface area contributed by atoms with Gasteiger partial charge in [-0.25, -0.2) is 0 Å². The van der Waals surface area contributed by atoms with E-state index in [9.17, 15) is 0 Å². The van der Waals surface area contributed by atoms with Gasteiger partial charge in [-0.15, -0.1) is 0 Å². The van der Waals surface area contributed by atoms with Crippen molar-refractivity contribution < 1.29 is 14.1 Å². The monoisotopic (exact) mass is 1880 g/mol. The van der Waals surface area contributed by atoms with Crippen molar-refractivity contribution in [3.63, 3.8) is 0 Å². The van der Waals surface area contributed by atoms with Gasteiger partial charge in [-0.3, -0.25) is 0 Å². The molecule has 0 aromatic carbocycles. The zero-order valence-electron chi connectivity index (χ0n) is 95.1. The molecule has 0 aliphatic heterocycles. The van der Waals surface area contributed by atoms with Gasteiger partial charge >= 0.3 is 793 Å². The van der Waals surface area contributed by atoms with Crippen LogP contribution in [0.15, 0.2) is 0 Å². The van der Waals surface area contributed by atoms with E-state index in [0.29, 0.717) is 169 Å². The van der Waals surface area contributed by atoms with Crippen LogP contribution in [0.5, 0.6) is 0 Å². The van der Waals surface area contributed by atoms with E-state index in [0.717, 1.165) is 0 Å². The van der Waals surface area contributed by atoms with Gasteiger partial charge in [-0.2, -0.15) is 0 Å². The first kappa shape index (κ1) is 123. The average Bonchev–Trinajstić information content (AvgIpc) is 0.615. The SMILES string of the molecule is CC(C)C[Si](CC(C)C)(CC(C)C)[C]([Cr]([C]([Si](CC(C)C)(CC(C)C)CC(C)C)([Si](CC(C)C)(CC(C)C)CC(C)C)[Si](CC(C)C)(CC(C)C)CC(C)C)[C]([Si](CC(C)C)(CC(C)C)CC(C)C)([Si](CC(C)C)(CC(C)C)CC(C)C)[Si](CC(C)C)(CC(C)C)CC(C)C)([Si](CC(C)C)(CC(C)C)CC(C)C)[Si](CC(C)C)(CC(C)C)CC(C)C. The molecule has 10 heteroatoms. The molecule has 0 bridgehead atoms. The van der Waals surface area contributed by atoms with Crippen LogP contribution in [0.25, 0.3) is 0 Å². The second-order valence-electron chi connectivity index (χ2n) is 57.0. The van der Waals surface area contributed by atoms with Crippen molar-refractivity contribution in [2.75, 3.05) is 0 Å². The Labute approximate surface area is 786 Å². The molecule has 0 aromatic rings. The average molecular weight is 1880 g/mol. The zero-order chi connectivity index (χ0) is 95.3. The van der Waals surface area contributed by atoms with E-state index in [1.807, 2.05) is 0 Å². The number of hydrogen-bond acceptors (Lipinski definition) is 0. The molecule has 0 saturated heterocycles. The molecule has 0 radical (unpaired) electrons. The first-order valence-corrected chi connectivity index (χ1v) is 80.1. The Bertz CT molecular complexity index is 1920. The van der Waals surface area contributed by atoms with Crippen LogP contribution in [0.4, 0.5) is 0 Å². The van der Waals surface area contributed by atoms with E-state index in [1.165, 1.54) is 0 Å². The molecule has 0 fully saturated rings. The Morgan fingerprint density at radius 3 is 0.174 bits per heavy atom. The Balaban J connectivity index is 18.8. The summed E-state index contributed by atoms with van der Waals surface area (Å²) in [4.78, 5) is 0. The summed E-state index contributed by atoms with van der Waals surface area (Å²) in [6.45, 7) is 163. The van der Waals surface area contributed by atoms with Gasteiger partial charge in [0.05, 0.1) is 0 Å². The van der Waals surface area contributed by atoms with E-state index in [2.05, 4.69) is 374 Å². The van der Waals surface area contributed by atoms with Crippen LogP contribution in [0, 0.1) is 160 Å². The van der Waals surface area contributed by atoms with Crippen molar-refractivity contribution in [2.24, 2.45) is 160 Å². The molecular formula is C111H243CrSi9.